The number of methoxy groups -OCH3 is 2. The lowest BCUT2D eigenvalue weighted by Crippen LogP contribution is -2.32. The summed E-state index contributed by atoms with van der Waals surface area (Å²) in [5, 5.41) is 26.3. The van der Waals surface area contributed by atoms with Crippen LogP contribution in [0, 0.1) is 0 Å². The van der Waals surface area contributed by atoms with Crippen molar-refractivity contribution in [3.63, 3.8) is 0 Å². The molecule has 3 unspecified atom stereocenters. The van der Waals surface area contributed by atoms with E-state index in [4.69, 9.17) is 67.5 Å². The van der Waals surface area contributed by atoms with Gasteiger partial charge in [0, 0.05) is 46.0 Å². The van der Waals surface area contributed by atoms with E-state index in [9.17, 15) is 28.8 Å². The molecular weight excluding hydrogens is 970 g/mol. The predicted molar refractivity (Wildman–Crippen MR) is 260 cm³/mol. The Balaban J connectivity index is 1.27. The number of nitrogens with one attached hydrogen (secondary N) is 4. The van der Waals surface area contributed by atoms with E-state index in [-0.39, 0.29) is 55.7 Å². The molecule has 0 spiro atoms. The van der Waals surface area contributed by atoms with Crippen molar-refractivity contribution in [3.05, 3.63) is 129 Å². The fourth-order valence-electron chi connectivity index (χ4n) is 6.14. The van der Waals surface area contributed by atoms with E-state index in [1.807, 2.05) is 0 Å². The van der Waals surface area contributed by atoms with Gasteiger partial charge >= 0.3 is 0 Å². The minimum atomic E-state index is -1.62. The highest BCUT2D eigenvalue weighted by atomic mass is 35.5. The summed E-state index contributed by atoms with van der Waals surface area (Å²) in [6.07, 6.45) is 0. The van der Waals surface area contributed by atoms with E-state index in [2.05, 4.69) is 41.7 Å². The number of hydrogen-bond donors (Lipinski definition) is 4. The van der Waals surface area contributed by atoms with Crippen LogP contribution in [0.5, 0.6) is 11.5 Å². The summed E-state index contributed by atoms with van der Waals surface area (Å²) in [4.78, 5) is 78.6. The number of carbonyl (C=O) groups excluding carboxylic acids is 6. The maximum absolute atomic E-state index is 13.5. The summed E-state index contributed by atoms with van der Waals surface area (Å²) in [6, 6.07) is 19.5. The molecule has 348 valence electrons. The maximum atomic E-state index is 13.5. The lowest BCUT2D eigenvalue weighted by Gasteiger charge is -2.17. The summed E-state index contributed by atoms with van der Waals surface area (Å²) < 4.78 is 10.7. The second-order valence-electron chi connectivity index (χ2n) is 14.4. The first kappa shape index (κ1) is 51.6. The first-order valence-corrected chi connectivity index (χ1v) is 22.1. The van der Waals surface area contributed by atoms with Crippen LogP contribution < -0.4 is 30.7 Å². The number of nitrogens with zero attached hydrogens (tertiary/aromatic N) is 4. The van der Waals surface area contributed by atoms with E-state index in [1.54, 1.807) is 43.3 Å². The standard InChI is InChI=1S/C46H41Cl5N8O8/c1-23(49)33-16-28(54-45(64)41(24(2)60)58-56-31-10-13-36(50)34(17-31)43(62)52-29-8-6-26(21-47)39(19-29)66-4)12-15-38(33)55-46(65)42(25(3)61)59-57-32-11-14-37(51)35(18-32)44(63)53-30-9-7-27(22-48)40(20-30)67-5/h6-20,23,41-42H,21-22H2,1-5H3,(H,52,62)(H,53,63)(H,54,64)(H,55,65). The Hall–Kier alpha value is -6.43. The highest BCUT2D eigenvalue weighted by Gasteiger charge is 2.27. The van der Waals surface area contributed by atoms with Crippen molar-refractivity contribution in [3.8, 4) is 11.5 Å². The number of azo groups is 2. The number of carbonyl (C=O) groups is 6. The quantitative estimate of drug-likeness (QED) is 0.0353. The lowest BCUT2D eigenvalue weighted by atomic mass is 10.1. The summed E-state index contributed by atoms with van der Waals surface area (Å²) in [5.74, 6) is -2.76. The number of hydrogen-bond acceptors (Lipinski definition) is 12. The number of halogens is 5. The molecule has 0 aliphatic rings. The van der Waals surface area contributed by atoms with Gasteiger partial charge in [0.1, 0.15) is 11.5 Å². The molecule has 5 aromatic carbocycles. The van der Waals surface area contributed by atoms with Crippen LogP contribution in [0.1, 0.15) is 63.6 Å². The Morgan fingerprint density at radius 1 is 0.567 bits per heavy atom. The van der Waals surface area contributed by atoms with Gasteiger partial charge in [-0.15, -0.1) is 34.8 Å². The van der Waals surface area contributed by atoms with Crippen molar-refractivity contribution < 1.29 is 38.2 Å². The molecule has 67 heavy (non-hydrogen) atoms. The van der Waals surface area contributed by atoms with E-state index >= 15 is 0 Å². The highest BCUT2D eigenvalue weighted by Crippen LogP contribution is 2.33. The van der Waals surface area contributed by atoms with Gasteiger partial charge in [-0.2, -0.15) is 20.5 Å². The summed E-state index contributed by atoms with van der Waals surface area (Å²) >= 11 is 31.1. The predicted octanol–water partition coefficient (Wildman–Crippen LogP) is 11.7. The SMILES string of the molecule is COc1cc(NC(=O)c2cc(N=NC(C(C)=O)C(=O)Nc3ccc(NC(=O)C(N=Nc4ccc(Cl)c(C(=O)Nc5ccc(CCl)c(OC)c5)c4)C(C)=O)c(C(C)Cl)c3)ccc2Cl)ccc1CCl. The summed E-state index contributed by atoms with van der Waals surface area (Å²) in [7, 11) is 2.96. The van der Waals surface area contributed by atoms with E-state index in [0.29, 0.717) is 28.4 Å². The van der Waals surface area contributed by atoms with Crippen LogP contribution in [0.4, 0.5) is 34.1 Å². The molecule has 0 heterocycles. The topological polar surface area (TPSA) is 218 Å². The Labute approximate surface area is 409 Å². The average molecular weight is 1010 g/mol. The first-order chi connectivity index (χ1) is 32.0. The molecule has 4 N–H and O–H groups in total. The molecule has 5 rings (SSSR count). The lowest BCUT2D eigenvalue weighted by molar-refractivity contribution is -0.127. The van der Waals surface area contributed by atoms with Crippen molar-refractivity contribution in [2.75, 3.05) is 35.5 Å². The fraction of sp³-hybridized carbons (Fsp3) is 0.217. The molecule has 0 bridgehead atoms. The van der Waals surface area contributed by atoms with Crippen molar-refractivity contribution in [1.82, 2.24) is 0 Å². The van der Waals surface area contributed by atoms with Gasteiger partial charge in [0.15, 0.2) is 11.6 Å². The molecule has 0 fully saturated rings. The van der Waals surface area contributed by atoms with Crippen LogP contribution in [0.15, 0.2) is 111 Å². The van der Waals surface area contributed by atoms with E-state index in [1.165, 1.54) is 68.8 Å². The second kappa shape index (κ2) is 23.8. The van der Waals surface area contributed by atoms with Gasteiger partial charge in [-0.3, -0.25) is 28.8 Å². The molecule has 0 saturated heterocycles. The van der Waals surface area contributed by atoms with Crippen LogP contribution in [0.3, 0.4) is 0 Å². The maximum Gasteiger partial charge on any atom is 0.258 e. The molecule has 3 atom stereocenters. The zero-order valence-corrected chi connectivity index (χ0v) is 40.0. The van der Waals surface area contributed by atoms with Crippen molar-refractivity contribution in [2.24, 2.45) is 20.5 Å². The van der Waals surface area contributed by atoms with Gasteiger partial charge in [0.05, 0.1) is 63.9 Å². The summed E-state index contributed by atoms with van der Waals surface area (Å²) in [6.45, 7) is 3.93. The van der Waals surface area contributed by atoms with Gasteiger partial charge < -0.3 is 30.7 Å². The van der Waals surface area contributed by atoms with Gasteiger partial charge in [-0.25, -0.2) is 0 Å². The van der Waals surface area contributed by atoms with Crippen LogP contribution in [-0.2, 0) is 30.9 Å². The summed E-state index contributed by atoms with van der Waals surface area (Å²) in [5.41, 5.74) is 3.32. The number of alkyl halides is 3. The number of rotatable bonds is 19. The van der Waals surface area contributed by atoms with Crippen LogP contribution >= 0.6 is 58.0 Å². The molecule has 0 aliphatic heterocycles. The fourth-order valence-corrected chi connectivity index (χ4v) is 7.17. The zero-order chi connectivity index (χ0) is 48.9. The Morgan fingerprint density at radius 3 is 1.39 bits per heavy atom. The number of ether oxygens (including phenoxy) is 2. The van der Waals surface area contributed by atoms with Crippen LogP contribution in [-0.4, -0.2) is 61.5 Å². The molecule has 0 saturated carbocycles. The largest absolute Gasteiger partial charge is 0.496 e. The number of Topliss-reactive ketones (excluding diaryl/α,β-unsaturated/α-hetero) is 2. The molecule has 0 radical (unpaired) electrons. The van der Waals surface area contributed by atoms with Gasteiger partial charge in [0.2, 0.25) is 12.1 Å². The third kappa shape index (κ3) is 13.6. The molecular formula is C46H41Cl5N8O8. The van der Waals surface area contributed by atoms with Gasteiger partial charge in [-0.1, -0.05) is 35.3 Å². The molecule has 0 aromatic heterocycles. The average Bonchev–Trinajstić information content (AvgIpc) is 3.30. The molecule has 16 nitrogen and oxygen atoms in total. The van der Waals surface area contributed by atoms with Gasteiger partial charge in [-0.05, 0) is 93.1 Å². The van der Waals surface area contributed by atoms with Gasteiger partial charge in [0.25, 0.3) is 23.6 Å². The van der Waals surface area contributed by atoms with E-state index < -0.39 is 52.7 Å². The monoisotopic (exact) mass is 1010 g/mol. The second-order valence-corrected chi connectivity index (χ2v) is 16.4. The number of ketones is 2. The van der Waals surface area contributed by atoms with Crippen molar-refractivity contribution in [2.45, 2.75) is 50.0 Å². The molecule has 21 heteroatoms. The molecule has 0 aliphatic carbocycles. The first-order valence-electron chi connectivity index (χ1n) is 19.9. The Kier molecular flexibility index (Phi) is 18.3. The minimum absolute atomic E-state index is 0.0401. The number of amides is 4. The molecule has 5 aromatic rings. The van der Waals surface area contributed by atoms with E-state index in [0.717, 1.165) is 25.0 Å². The van der Waals surface area contributed by atoms with Crippen molar-refractivity contribution in [1.29, 1.82) is 0 Å². The number of benzene rings is 5. The Morgan fingerprint density at radius 2 is 0.985 bits per heavy atom. The third-order valence-corrected chi connectivity index (χ3v) is 11.1. The smallest absolute Gasteiger partial charge is 0.258 e. The van der Waals surface area contributed by atoms with Crippen LogP contribution in [0.2, 0.25) is 10.0 Å². The molecule has 4 amide bonds. The zero-order valence-electron chi connectivity index (χ0n) is 36.3. The minimum Gasteiger partial charge on any atom is -0.496 e. The number of anilines is 4. The van der Waals surface area contributed by atoms with Crippen molar-refractivity contribution >= 4 is 127 Å². The third-order valence-electron chi connectivity index (χ3n) is 9.62. The Bertz CT molecular complexity index is 2790. The highest BCUT2D eigenvalue weighted by molar-refractivity contribution is 6.35. The van der Waals surface area contributed by atoms with Crippen LogP contribution in [0.25, 0.3) is 0 Å². The normalized spacial score (nSPS) is 12.5.